The Bertz CT molecular complexity index is 2330. The maximum atomic E-state index is 12.8. The molecule has 0 fully saturated rings. The number of thiocarbonyl (C=S) groups is 1. The molecule has 0 saturated carbocycles. The van der Waals surface area contributed by atoms with E-state index in [9.17, 15) is 29.4 Å². The van der Waals surface area contributed by atoms with Crippen LogP contribution >= 0.6 is 12.2 Å². The summed E-state index contributed by atoms with van der Waals surface area (Å²) in [4.78, 5) is 49.1. The summed E-state index contributed by atoms with van der Waals surface area (Å²) in [6, 6.07) is 18.9. The Morgan fingerprint density at radius 2 is 1.73 bits per heavy atom. The molecule has 0 bridgehead atoms. The average molecular weight is 679 g/mol. The molecule has 0 saturated heterocycles. The van der Waals surface area contributed by atoms with E-state index in [1.165, 1.54) is 34.9 Å². The second-order valence-electron chi connectivity index (χ2n) is 11.2. The van der Waals surface area contributed by atoms with Crippen molar-refractivity contribution in [3.63, 3.8) is 0 Å². The van der Waals surface area contributed by atoms with E-state index in [-0.39, 0.29) is 58.6 Å². The number of hydrogen-bond acceptors (Lipinski definition) is 8. The van der Waals surface area contributed by atoms with Crippen LogP contribution in [0, 0.1) is 6.92 Å². The van der Waals surface area contributed by atoms with E-state index in [1.54, 1.807) is 56.5 Å². The van der Waals surface area contributed by atoms with Crippen molar-refractivity contribution in [2.75, 3.05) is 25.5 Å². The number of fused-ring (bicyclic) bond motifs is 3. The van der Waals surface area contributed by atoms with Crippen LogP contribution in [0.4, 0.5) is 5.69 Å². The summed E-state index contributed by atoms with van der Waals surface area (Å²) < 4.78 is 12.7. The summed E-state index contributed by atoms with van der Waals surface area (Å²) in [5.41, 5.74) is 3.90. The number of carbonyl (C=O) groups excluding carboxylic acids is 2. The molecule has 1 aromatic heterocycles. The number of nitrogens with one attached hydrogen (secondary N) is 3. The first-order chi connectivity index (χ1) is 23.6. The van der Waals surface area contributed by atoms with Crippen LogP contribution in [0.15, 0.2) is 82.0 Å². The van der Waals surface area contributed by atoms with Gasteiger partial charge in [-0.3, -0.25) is 19.0 Å². The van der Waals surface area contributed by atoms with Gasteiger partial charge in [0.1, 0.15) is 22.8 Å². The van der Waals surface area contributed by atoms with Crippen molar-refractivity contribution in [1.82, 2.24) is 15.2 Å². The quantitative estimate of drug-likeness (QED) is 0.0576. The van der Waals surface area contributed by atoms with E-state index in [0.717, 1.165) is 17.4 Å². The zero-order valence-corrected chi connectivity index (χ0v) is 27.1. The van der Waals surface area contributed by atoms with Crippen LogP contribution in [0.1, 0.15) is 21.6 Å². The number of aromatic hydroxyl groups is 1. The molecule has 1 aliphatic carbocycles. The highest BCUT2D eigenvalue weighted by atomic mass is 32.1. The number of phenolic OH excluding ortho intramolecular Hbond substituents is 1. The first-order valence-electron chi connectivity index (χ1n) is 15.1. The first-order valence-corrected chi connectivity index (χ1v) is 15.5. The molecule has 0 atom stereocenters. The highest BCUT2D eigenvalue weighted by molar-refractivity contribution is 7.80. The van der Waals surface area contributed by atoms with Crippen molar-refractivity contribution in [2.24, 2.45) is 0 Å². The molecule has 5 N–H and O–H groups in total. The number of methoxy groups -OCH3 is 1. The minimum absolute atomic E-state index is 0.0306. The lowest BCUT2D eigenvalue weighted by atomic mass is 9.90. The standard InChI is InChI=1S/C36H30N4O8S/c1-19-27(28-16-23(47-2)6-10-30(28)40(19)18-41)17-33(44)37-11-12-38-36(49)39-20-3-7-24(29(13-20)35(45)46)34-25-8-4-21(42)14-31(25)48-32-15-22(43)5-9-26(32)34/h3-10,13-16,18,42H,11-12,17H2,1-2H3,(H,37,44)(H,45,46)(H2,38,39,49). The van der Waals surface area contributed by atoms with Crippen LogP contribution in [0.3, 0.4) is 0 Å². The number of carboxylic acid groups (broad SMARTS) is 1. The smallest absolute Gasteiger partial charge is 0.336 e. The fraction of sp³-hybridized carbons (Fsp3) is 0.139. The Morgan fingerprint density at radius 1 is 0.959 bits per heavy atom. The molecule has 0 unspecified atom stereocenters. The monoisotopic (exact) mass is 678 g/mol. The van der Waals surface area contributed by atoms with Gasteiger partial charge in [-0.2, -0.15) is 0 Å². The van der Waals surface area contributed by atoms with Gasteiger partial charge < -0.3 is 35.3 Å². The number of carbonyl (C=O) groups is 3. The second kappa shape index (κ2) is 13.5. The van der Waals surface area contributed by atoms with Crippen molar-refractivity contribution in [1.29, 1.82) is 0 Å². The van der Waals surface area contributed by atoms with Crippen LogP contribution in [0.25, 0.3) is 44.3 Å². The zero-order valence-electron chi connectivity index (χ0n) is 26.3. The molecule has 2 heterocycles. The third-order valence-corrected chi connectivity index (χ3v) is 8.46. The number of anilines is 1. The number of rotatable bonds is 10. The van der Waals surface area contributed by atoms with Gasteiger partial charge >= 0.3 is 5.97 Å². The van der Waals surface area contributed by atoms with E-state index in [1.807, 2.05) is 0 Å². The molecule has 0 radical (unpaired) electrons. The molecule has 1 aliphatic heterocycles. The lowest BCUT2D eigenvalue weighted by molar-refractivity contribution is -0.120. The largest absolute Gasteiger partial charge is 0.508 e. The SMILES string of the molecule is COc1ccc2c(c1)c(CC(=O)NCCNC(=S)Nc1ccc(-c3c4ccc(=O)cc-4oc4cc(O)ccc34)c(C(=O)O)c1)c(C)n2C=O. The van der Waals surface area contributed by atoms with Gasteiger partial charge in [0, 0.05) is 58.5 Å². The van der Waals surface area contributed by atoms with E-state index in [4.69, 9.17) is 21.4 Å². The number of carboxylic acids is 1. The summed E-state index contributed by atoms with van der Waals surface area (Å²) >= 11 is 5.42. The minimum atomic E-state index is -1.19. The molecule has 3 aromatic carbocycles. The van der Waals surface area contributed by atoms with Gasteiger partial charge in [0.25, 0.3) is 0 Å². The first kappa shape index (κ1) is 32.7. The summed E-state index contributed by atoms with van der Waals surface area (Å²) in [6.07, 6.45) is 0.775. The van der Waals surface area contributed by atoms with Crippen molar-refractivity contribution >= 4 is 63.2 Å². The Kier molecular flexibility index (Phi) is 9.01. The summed E-state index contributed by atoms with van der Waals surface area (Å²) in [6.45, 7) is 2.31. The Morgan fingerprint density at radius 3 is 2.49 bits per heavy atom. The molecule has 4 aromatic rings. The van der Waals surface area contributed by atoms with Gasteiger partial charge in [-0.25, -0.2) is 4.79 Å². The van der Waals surface area contributed by atoms with E-state index in [2.05, 4.69) is 16.0 Å². The number of hydrogen-bond donors (Lipinski definition) is 5. The molecule has 0 spiro atoms. The van der Waals surface area contributed by atoms with Gasteiger partial charge in [0.05, 0.1) is 24.6 Å². The fourth-order valence-corrected chi connectivity index (χ4v) is 6.14. The molecule has 2 aliphatic rings. The predicted molar refractivity (Wildman–Crippen MR) is 189 cm³/mol. The van der Waals surface area contributed by atoms with E-state index < -0.39 is 5.97 Å². The molecular weight excluding hydrogens is 648 g/mol. The molecular formula is C36H30N4O8S. The topological polar surface area (TPSA) is 172 Å². The van der Waals surface area contributed by atoms with Gasteiger partial charge in [-0.15, -0.1) is 0 Å². The normalized spacial score (nSPS) is 11.1. The summed E-state index contributed by atoms with van der Waals surface area (Å²) in [5, 5.41) is 30.6. The highest BCUT2D eigenvalue weighted by Gasteiger charge is 2.23. The van der Waals surface area contributed by atoms with Crippen molar-refractivity contribution in [3.8, 4) is 33.9 Å². The number of amides is 1. The molecule has 1 amide bonds. The van der Waals surface area contributed by atoms with Crippen LogP contribution < -0.4 is 26.1 Å². The number of aromatic carboxylic acids is 1. The van der Waals surface area contributed by atoms with Crippen LogP contribution in [0.2, 0.25) is 0 Å². The molecule has 248 valence electrons. The van der Waals surface area contributed by atoms with E-state index >= 15 is 0 Å². The average Bonchev–Trinajstić information content (AvgIpc) is 3.34. The summed E-state index contributed by atoms with van der Waals surface area (Å²) in [7, 11) is 1.55. The minimum Gasteiger partial charge on any atom is -0.508 e. The third kappa shape index (κ3) is 6.51. The summed E-state index contributed by atoms with van der Waals surface area (Å²) in [5.74, 6) is -0.608. The van der Waals surface area contributed by atoms with Gasteiger partial charge in [-0.1, -0.05) is 6.07 Å². The Hall–Kier alpha value is -6.21. The highest BCUT2D eigenvalue weighted by Crippen LogP contribution is 2.42. The lowest BCUT2D eigenvalue weighted by Gasteiger charge is -2.18. The van der Waals surface area contributed by atoms with Crippen molar-refractivity contribution < 1.29 is 33.8 Å². The molecule has 49 heavy (non-hydrogen) atoms. The number of benzene rings is 4. The maximum absolute atomic E-state index is 12.8. The van der Waals surface area contributed by atoms with Gasteiger partial charge in [0.15, 0.2) is 10.5 Å². The number of nitrogens with zero attached hydrogens (tertiary/aromatic N) is 1. The molecule has 12 nitrogen and oxygen atoms in total. The van der Waals surface area contributed by atoms with Gasteiger partial charge in [-0.05, 0) is 84.9 Å². The third-order valence-electron chi connectivity index (χ3n) is 8.22. The van der Waals surface area contributed by atoms with Gasteiger partial charge in [0.2, 0.25) is 12.3 Å². The second-order valence-corrected chi connectivity index (χ2v) is 11.6. The number of ether oxygens (including phenoxy) is 1. The van der Waals surface area contributed by atoms with E-state index in [0.29, 0.717) is 44.7 Å². The van der Waals surface area contributed by atoms with Crippen LogP contribution in [0.5, 0.6) is 11.5 Å². The molecule has 13 heteroatoms. The number of phenols is 1. The van der Waals surface area contributed by atoms with Crippen LogP contribution in [-0.4, -0.2) is 58.4 Å². The molecule has 6 rings (SSSR count). The Labute approximate surface area is 284 Å². The Balaban J connectivity index is 1.14. The van der Waals surface area contributed by atoms with Crippen molar-refractivity contribution in [2.45, 2.75) is 13.3 Å². The van der Waals surface area contributed by atoms with Crippen molar-refractivity contribution in [3.05, 3.63) is 99.8 Å². The number of aromatic nitrogens is 1. The fourth-order valence-electron chi connectivity index (χ4n) is 5.92. The lowest BCUT2D eigenvalue weighted by Crippen LogP contribution is -2.37. The zero-order chi connectivity index (χ0) is 34.8. The predicted octanol–water partition coefficient (Wildman–Crippen LogP) is 4.92. The van der Waals surface area contributed by atoms with Crippen LogP contribution in [-0.2, 0) is 16.0 Å². The maximum Gasteiger partial charge on any atom is 0.336 e.